The topological polar surface area (TPSA) is 58.4 Å². The van der Waals surface area contributed by atoms with E-state index in [0.717, 1.165) is 55.9 Å². The summed E-state index contributed by atoms with van der Waals surface area (Å²) in [5, 5.41) is 11.0. The van der Waals surface area contributed by atoms with E-state index in [2.05, 4.69) is 56.9 Å². The largest absolute Gasteiger partial charge is 0.478 e. The second-order valence-corrected chi connectivity index (χ2v) is 11.3. The van der Waals surface area contributed by atoms with Crippen LogP contribution in [0.3, 0.4) is 0 Å². The molecule has 1 aliphatic heterocycles. The maximum absolute atomic E-state index is 13.7. The number of carboxylic acid groups (broad SMARTS) is 1. The molecule has 0 radical (unpaired) electrons. The van der Waals surface area contributed by atoms with E-state index in [-0.39, 0.29) is 0 Å². The number of aromatic carboxylic acids is 1. The van der Waals surface area contributed by atoms with Crippen molar-refractivity contribution in [3.63, 3.8) is 0 Å². The molecule has 218 valence electrons. The van der Waals surface area contributed by atoms with Gasteiger partial charge in [0.2, 0.25) is 0 Å². The van der Waals surface area contributed by atoms with Crippen LogP contribution in [0.5, 0.6) is 0 Å². The molecule has 1 N–H and O–H groups in total. The Morgan fingerprint density at radius 1 is 0.841 bits per heavy atom. The number of carboxylic acids is 1. The summed E-state index contributed by atoms with van der Waals surface area (Å²) >= 11 is 0. The summed E-state index contributed by atoms with van der Waals surface area (Å²) in [6.07, 6.45) is 4.80. The molecule has 0 spiro atoms. The zero-order chi connectivity index (χ0) is 30.2. The van der Waals surface area contributed by atoms with Crippen LogP contribution in [-0.2, 0) is 26.1 Å². The van der Waals surface area contributed by atoms with Crippen LogP contribution in [0.15, 0.2) is 97.1 Å². The smallest absolute Gasteiger partial charge is 0.335 e. The minimum absolute atomic E-state index is 0.303. The average molecular weight is 586 g/mol. The Hall–Kier alpha value is -5.14. The number of aromatic nitrogens is 2. The lowest BCUT2D eigenvalue weighted by molar-refractivity contribution is 0.0697. The highest BCUT2D eigenvalue weighted by atomic mass is 19.2. The van der Waals surface area contributed by atoms with Gasteiger partial charge in [0.15, 0.2) is 11.6 Å². The molecule has 0 saturated heterocycles. The molecule has 6 aromatic rings. The van der Waals surface area contributed by atoms with Gasteiger partial charge in [-0.05, 0) is 64.7 Å². The van der Waals surface area contributed by atoms with E-state index in [0.29, 0.717) is 22.2 Å². The molecule has 0 aliphatic carbocycles. The molecule has 1 aliphatic rings. The Morgan fingerprint density at radius 3 is 2.50 bits per heavy atom. The van der Waals surface area contributed by atoms with Crippen LogP contribution in [0.2, 0.25) is 0 Å². The van der Waals surface area contributed by atoms with Crippen LogP contribution in [-0.4, -0.2) is 32.1 Å². The lowest BCUT2D eigenvalue weighted by Crippen LogP contribution is -2.30. The molecule has 0 atom stereocenters. The molecule has 0 amide bonds. The molecule has 0 unspecified atom stereocenters. The number of rotatable bonds is 7. The van der Waals surface area contributed by atoms with Gasteiger partial charge in [-0.25, -0.2) is 18.6 Å². The highest BCUT2D eigenvalue weighted by Crippen LogP contribution is 2.32. The molecule has 3 heterocycles. The molecule has 0 fully saturated rings. The van der Waals surface area contributed by atoms with Crippen molar-refractivity contribution in [2.75, 3.05) is 6.54 Å². The van der Waals surface area contributed by atoms with Gasteiger partial charge in [-0.1, -0.05) is 60.7 Å². The maximum atomic E-state index is 13.7. The summed E-state index contributed by atoms with van der Waals surface area (Å²) < 4.78 is 29.7. The van der Waals surface area contributed by atoms with E-state index >= 15 is 0 Å². The van der Waals surface area contributed by atoms with E-state index in [9.17, 15) is 18.7 Å². The molecule has 2 aromatic heterocycles. The monoisotopic (exact) mass is 585 g/mol. The SMILES string of the molecule is O=C(O)c1ccc(CN2CCc3c(c4ccccc4n3Cc3cccc(/C=C/c4ccc5cc(F)c(F)cc5n4)c3)C2)cc1. The first-order valence-electron chi connectivity index (χ1n) is 14.6. The van der Waals surface area contributed by atoms with Crippen molar-refractivity contribution in [3.05, 3.63) is 148 Å². The highest BCUT2D eigenvalue weighted by Gasteiger charge is 2.24. The zero-order valence-corrected chi connectivity index (χ0v) is 23.9. The summed E-state index contributed by atoms with van der Waals surface area (Å²) in [5.41, 5.74) is 8.62. The molecule has 5 nitrogen and oxygen atoms in total. The molecule has 0 saturated carbocycles. The molecular weight excluding hydrogens is 556 g/mol. The van der Waals surface area contributed by atoms with Crippen molar-refractivity contribution >= 4 is 39.9 Å². The molecule has 7 rings (SSSR count). The van der Waals surface area contributed by atoms with Gasteiger partial charge in [0, 0.05) is 60.6 Å². The number of benzene rings is 4. The van der Waals surface area contributed by atoms with Crippen LogP contribution >= 0.6 is 0 Å². The lowest BCUT2D eigenvalue weighted by atomic mass is 10.0. The van der Waals surface area contributed by atoms with Gasteiger partial charge < -0.3 is 9.67 Å². The standard InChI is InChI=1S/C37H29F2N3O2/c38-32-19-28-13-15-29(40-34(28)20-33(32)39)14-10-24-4-3-5-26(18-24)22-42-35-7-2-1-6-30(35)31-23-41(17-16-36(31)42)21-25-8-11-27(12-9-25)37(43)44/h1-15,18-20H,16-17,21-23H2,(H,43,44)/b14-10+. The Bertz CT molecular complexity index is 2060. The van der Waals surface area contributed by atoms with E-state index in [1.54, 1.807) is 24.3 Å². The fourth-order valence-corrected chi connectivity index (χ4v) is 6.17. The van der Waals surface area contributed by atoms with Crippen molar-refractivity contribution < 1.29 is 18.7 Å². The van der Waals surface area contributed by atoms with Gasteiger partial charge in [-0.2, -0.15) is 0 Å². The van der Waals surface area contributed by atoms with Gasteiger partial charge in [0.1, 0.15) is 0 Å². The van der Waals surface area contributed by atoms with Crippen LogP contribution in [0.1, 0.15) is 44.0 Å². The van der Waals surface area contributed by atoms with Gasteiger partial charge in [-0.3, -0.25) is 4.90 Å². The summed E-state index contributed by atoms with van der Waals surface area (Å²) in [5.74, 6) is -2.69. The first-order valence-corrected chi connectivity index (χ1v) is 14.6. The van der Waals surface area contributed by atoms with Gasteiger partial charge in [0.25, 0.3) is 0 Å². The number of halogens is 2. The summed E-state index contributed by atoms with van der Waals surface area (Å²) in [7, 11) is 0. The predicted molar refractivity (Wildman–Crippen MR) is 169 cm³/mol. The number of nitrogens with zero attached hydrogens (tertiary/aromatic N) is 3. The Balaban J connectivity index is 1.12. The molecule has 7 heteroatoms. The molecular formula is C37H29F2N3O2. The van der Waals surface area contributed by atoms with Crippen LogP contribution in [0, 0.1) is 11.6 Å². The van der Waals surface area contributed by atoms with Crippen molar-refractivity contribution in [3.8, 4) is 0 Å². The third-order valence-electron chi connectivity index (χ3n) is 8.34. The van der Waals surface area contributed by atoms with Crippen LogP contribution < -0.4 is 0 Å². The van der Waals surface area contributed by atoms with Gasteiger partial charge >= 0.3 is 5.97 Å². The van der Waals surface area contributed by atoms with Crippen LogP contribution in [0.25, 0.3) is 34.0 Å². The first kappa shape index (κ1) is 27.7. The Morgan fingerprint density at radius 2 is 1.66 bits per heavy atom. The third kappa shape index (κ3) is 5.50. The van der Waals surface area contributed by atoms with E-state index in [4.69, 9.17) is 0 Å². The number of para-hydroxylation sites is 1. The molecule has 0 bridgehead atoms. The van der Waals surface area contributed by atoms with Crippen LogP contribution in [0.4, 0.5) is 8.78 Å². The minimum atomic E-state index is -0.910. The number of carbonyl (C=O) groups is 1. The van der Waals surface area contributed by atoms with Crippen molar-refractivity contribution in [1.29, 1.82) is 0 Å². The van der Waals surface area contributed by atoms with E-state index in [1.807, 2.05) is 30.4 Å². The van der Waals surface area contributed by atoms with E-state index in [1.165, 1.54) is 27.7 Å². The summed E-state index contributed by atoms with van der Waals surface area (Å²) in [6, 6.07) is 30.0. The fourth-order valence-electron chi connectivity index (χ4n) is 6.17. The average Bonchev–Trinajstić information content (AvgIpc) is 3.33. The predicted octanol–water partition coefficient (Wildman–Crippen LogP) is 7.94. The number of hydrogen-bond acceptors (Lipinski definition) is 3. The van der Waals surface area contributed by atoms with Gasteiger partial charge in [-0.15, -0.1) is 0 Å². The Labute approximate surface area is 253 Å². The van der Waals surface area contributed by atoms with Gasteiger partial charge in [0.05, 0.1) is 16.8 Å². The number of fused-ring (bicyclic) bond motifs is 4. The summed E-state index contributed by atoms with van der Waals surface area (Å²) in [6.45, 7) is 3.27. The summed E-state index contributed by atoms with van der Waals surface area (Å²) in [4.78, 5) is 18.1. The maximum Gasteiger partial charge on any atom is 0.335 e. The Kier molecular flexibility index (Phi) is 7.24. The first-order chi connectivity index (χ1) is 21.4. The fraction of sp³-hybridized carbons (Fsp3) is 0.135. The molecule has 44 heavy (non-hydrogen) atoms. The minimum Gasteiger partial charge on any atom is -0.478 e. The van der Waals surface area contributed by atoms with Crippen molar-refractivity contribution in [2.24, 2.45) is 0 Å². The van der Waals surface area contributed by atoms with E-state index < -0.39 is 17.6 Å². The lowest BCUT2D eigenvalue weighted by Gasteiger charge is -2.28. The van der Waals surface area contributed by atoms with Crippen molar-refractivity contribution in [1.82, 2.24) is 14.5 Å². The molecule has 4 aromatic carbocycles. The second-order valence-electron chi connectivity index (χ2n) is 11.3. The third-order valence-corrected chi connectivity index (χ3v) is 8.34. The normalized spacial score (nSPS) is 13.6. The quantitative estimate of drug-likeness (QED) is 0.207. The highest BCUT2D eigenvalue weighted by molar-refractivity contribution is 5.88. The zero-order valence-electron chi connectivity index (χ0n) is 23.9. The van der Waals surface area contributed by atoms with Crippen molar-refractivity contribution in [2.45, 2.75) is 26.1 Å². The number of pyridine rings is 1. The number of hydrogen-bond donors (Lipinski definition) is 1. The second kappa shape index (κ2) is 11.5.